The van der Waals surface area contributed by atoms with Gasteiger partial charge in [0.05, 0.1) is 11.6 Å². The van der Waals surface area contributed by atoms with Crippen LogP contribution in [0.5, 0.6) is 0 Å². The molecule has 2 heterocycles. The van der Waals surface area contributed by atoms with Crippen LogP contribution in [-0.2, 0) is 17.9 Å². The molecule has 0 saturated heterocycles. The van der Waals surface area contributed by atoms with Crippen LogP contribution in [0.3, 0.4) is 0 Å². The van der Waals surface area contributed by atoms with Crippen LogP contribution in [0.4, 0.5) is 20.3 Å². The minimum atomic E-state index is -0.535. The average molecular weight is 460 g/mol. The number of aromatic nitrogens is 2. The van der Waals surface area contributed by atoms with E-state index in [0.29, 0.717) is 61.2 Å². The highest BCUT2D eigenvalue weighted by atomic mass is 35.5. The molecule has 0 saturated carbocycles. The van der Waals surface area contributed by atoms with Crippen molar-refractivity contribution in [2.24, 2.45) is 5.73 Å². The van der Waals surface area contributed by atoms with Gasteiger partial charge >= 0.3 is 0 Å². The van der Waals surface area contributed by atoms with Gasteiger partial charge < -0.3 is 20.5 Å². The number of hydrogen-bond donors (Lipinski definition) is 2. The Hall–Kier alpha value is -2.97. The highest BCUT2D eigenvalue weighted by Gasteiger charge is 2.27. The summed E-state index contributed by atoms with van der Waals surface area (Å²) < 4.78 is 29.5. The number of imidazole rings is 1. The van der Waals surface area contributed by atoms with E-state index < -0.39 is 5.82 Å². The van der Waals surface area contributed by atoms with E-state index in [4.69, 9.17) is 22.3 Å². The SMILES string of the molecule is NCCCCC(=O)N1CCn2c(nc(-c3ccc(F)cc3)c2Nc2ccc(Cl)c(F)c2)C1. The predicted molar refractivity (Wildman–Crippen MR) is 121 cm³/mol. The number of nitrogens with one attached hydrogen (secondary N) is 1. The van der Waals surface area contributed by atoms with Crippen LogP contribution in [-0.4, -0.2) is 33.4 Å². The number of nitrogens with zero attached hydrogens (tertiary/aromatic N) is 3. The number of carbonyl (C=O) groups excluding carboxylic acids is 1. The Morgan fingerprint density at radius 3 is 2.62 bits per heavy atom. The number of anilines is 2. The number of hydrogen-bond acceptors (Lipinski definition) is 4. The first-order valence-corrected chi connectivity index (χ1v) is 10.9. The summed E-state index contributed by atoms with van der Waals surface area (Å²) in [7, 11) is 0. The van der Waals surface area contributed by atoms with E-state index in [0.717, 1.165) is 12.8 Å². The second-order valence-corrected chi connectivity index (χ2v) is 8.11. The molecular weight excluding hydrogens is 436 g/mol. The largest absolute Gasteiger partial charge is 0.340 e. The standard InChI is InChI=1S/C23H24ClF2N5O/c24-18-9-8-17(13-19(18)26)28-23-22(15-4-6-16(25)7-5-15)29-20-14-30(11-12-31(20)23)21(32)3-1-2-10-27/h4-9,13,28H,1-3,10-12,14,27H2. The minimum absolute atomic E-state index is 0.0356. The van der Waals surface area contributed by atoms with Gasteiger partial charge in [0.25, 0.3) is 0 Å². The topological polar surface area (TPSA) is 76.2 Å². The maximum Gasteiger partial charge on any atom is 0.223 e. The summed E-state index contributed by atoms with van der Waals surface area (Å²) in [6.07, 6.45) is 2.03. The van der Waals surface area contributed by atoms with Gasteiger partial charge in [-0.05, 0) is 61.9 Å². The Labute approximate surface area is 190 Å². The summed E-state index contributed by atoms with van der Waals surface area (Å²) in [6, 6.07) is 10.5. The zero-order valence-electron chi connectivity index (χ0n) is 17.5. The van der Waals surface area contributed by atoms with E-state index in [1.807, 2.05) is 4.57 Å². The van der Waals surface area contributed by atoms with Crippen LogP contribution in [0.15, 0.2) is 42.5 Å². The molecule has 168 valence electrons. The lowest BCUT2D eigenvalue weighted by molar-refractivity contribution is -0.132. The zero-order chi connectivity index (χ0) is 22.7. The van der Waals surface area contributed by atoms with Crippen LogP contribution in [0, 0.1) is 11.6 Å². The summed E-state index contributed by atoms with van der Waals surface area (Å²) in [6.45, 7) is 2.01. The maximum absolute atomic E-state index is 14.0. The molecule has 0 aliphatic carbocycles. The number of halogens is 3. The third-order valence-electron chi connectivity index (χ3n) is 5.47. The summed E-state index contributed by atoms with van der Waals surface area (Å²) >= 11 is 5.81. The molecule has 1 aliphatic rings. The van der Waals surface area contributed by atoms with E-state index in [1.54, 1.807) is 23.1 Å². The molecule has 3 N–H and O–H groups in total. The molecule has 9 heteroatoms. The van der Waals surface area contributed by atoms with Crippen LogP contribution < -0.4 is 11.1 Å². The van der Waals surface area contributed by atoms with E-state index in [1.165, 1.54) is 24.3 Å². The summed E-state index contributed by atoms with van der Waals surface area (Å²) in [5.41, 5.74) is 7.35. The van der Waals surface area contributed by atoms with Crippen LogP contribution in [0.2, 0.25) is 5.02 Å². The number of benzene rings is 2. The van der Waals surface area contributed by atoms with Gasteiger partial charge in [0, 0.05) is 30.8 Å². The molecule has 4 rings (SSSR count). The molecule has 0 fully saturated rings. The van der Waals surface area contributed by atoms with Crippen molar-refractivity contribution in [1.82, 2.24) is 14.5 Å². The van der Waals surface area contributed by atoms with E-state index >= 15 is 0 Å². The molecule has 1 aliphatic heterocycles. The van der Waals surface area contributed by atoms with Crippen molar-refractivity contribution in [3.8, 4) is 11.3 Å². The average Bonchev–Trinajstić information content (AvgIpc) is 3.14. The fourth-order valence-corrected chi connectivity index (χ4v) is 3.89. The predicted octanol–water partition coefficient (Wildman–Crippen LogP) is 4.70. The Morgan fingerprint density at radius 1 is 1.12 bits per heavy atom. The second-order valence-electron chi connectivity index (χ2n) is 7.70. The van der Waals surface area contributed by atoms with Crippen molar-refractivity contribution in [3.63, 3.8) is 0 Å². The quantitative estimate of drug-likeness (QED) is 0.502. The fourth-order valence-electron chi connectivity index (χ4n) is 3.77. The van der Waals surface area contributed by atoms with Gasteiger partial charge in [0.15, 0.2) is 0 Å². The van der Waals surface area contributed by atoms with E-state index in [2.05, 4.69) is 5.32 Å². The Bertz CT molecular complexity index is 1120. The van der Waals surface area contributed by atoms with Crippen molar-refractivity contribution < 1.29 is 13.6 Å². The maximum atomic E-state index is 14.0. The van der Waals surface area contributed by atoms with Crippen molar-refractivity contribution in [3.05, 3.63) is 64.9 Å². The smallest absolute Gasteiger partial charge is 0.223 e. The monoisotopic (exact) mass is 459 g/mol. The normalized spacial score (nSPS) is 13.2. The lowest BCUT2D eigenvalue weighted by Crippen LogP contribution is -2.38. The number of carbonyl (C=O) groups is 1. The van der Waals surface area contributed by atoms with Crippen LogP contribution in [0.1, 0.15) is 25.1 Å². The summed E-state index contributed by atoms with van der Waals surface area (Å²) in [4.78, 5) is 19.1. The lowest BCUT2D eigenvalue weighted by atomic mass is 10.1. The van der Waals surface area contributed by atoms with Gasteiger partial charge in [-0.1, -0.05) is 11.6 Å². The molecule has 1 aromatic heterocycles. The molecule has 6 nitrogen and oxygen atoms in total. The van der Waals surface area contributed by atoms with E-state index in [-0.39, 0.29) is 16.7 Å². The third-order valence-corrected chi connectivity index (χ3v) is 5.78. The first-order chi connectivity index (χ1) is 15.5. The molecular formula is C23H24ClF2N5O. The molecule has 0 spiro atoms. The van der Waals surface area contributed by atoms with Crippen LogP contribution >= 0.6 is 11.6 Å². The minimum Gasteiger partial charge on any atom is -0.340 e. The van der Waals surface area contributed by atoms with Crippen molar-refractivity contribution in [2.75, 3.05) is 18.4 Å². The Morgan fingerprint density at radius 2 is 1.91 bits per heavy atom. The van der Waals surface area contributed by atoms with Gasteiger partial charge in [-0.25, -0.2) is 13.8 Å². The number of unbranched alkanes of at least 4 members (excludes halogenated alkanes) is 1. The molecule has 32 heavy (non-hydrogen) atoms. The third kappa shape index (κ3) is 4.76. The zero-order valence-corrected chi connectivity index (χ0v) is 18.2. The Kier molecular flexibility index (Phi) is 6.72. The van der Waals surface area contributed by atoms with Gasteiger partial charge in [-0.15, -0.1) is 0 Å². The summed E-state index contributed by atoms with van der Waals surface area (Å²) in [5.74, 6) is 0.558. The van der Waals surface area contributed by atoms with Crippen molar-refractivity contribution >= 4 is 29.0 Å². The first-order valence-electron chi connectivity index (χ1n) is 10.5. The first kappa shape index (κ1) is 22.2. The number of rotatable bonds is 7. The molecule has 2 aromatic carbocycles. The molecule has 3 aromatic rings. The van der Waals surface area contributed by atoms with Gasteiger partial charge in [-0.3, -0.25) is 4.79 Å². The highest BCUT2D eigenvalue weighted by molar-refractivity contribution is 6.30. The number of fused-ring (bicyclic) bond motifs is 1. The number of amides is 1. The Balaban J connectivity index is 1.66. The lowest BCUT2D eigenvalue weighted by Gasteiger charge is -2.28. The van der Waals surface area contributed by atoms with E-state index in [9.17, 15) is 13.6 Å². The molecule has 0 unspecified atom stereocenters. The fraction of sp³-hybridized carbons (Fsp3) is 0.304. The van der Waals surface area contributed by atoms with Gasteiger partial charge in [0.1, 0.15) is 29.0 Å². The van der Waals surface area contributed by atoms with Crippen LogP contribution in [0.25, 0.3) is 11.3 Å². The second kappa shape index (κ2) is 9.67. The molecule has 0 radical (unpaired) electrons. The highest BCUT2D eigenvalue weighted by Crippen LogP contribution is 2.34. The molecule has 0 atom stereocenters. The van der Waals surface area contributed by atoms with Gasteiger partial charge in [-0.2, -0.15) is 0 Å². The van der Waals surface area contributed by atoms with Gasteiger partial charge in [0.2, 0.25) is 5.91 Å². The van der Waals surface area contributed by atoms with Crippen molar-refractivity contribution in [2.45, 2.75) is 32.4 Å². The molecule has 1 amide bonds. The molecule has 0 bridgehead atoms. The summed E-state index contributed by atoms with van der Waals surface area (Å²) in [5, 5.41) is 3.27. The van der Waals surface area contributed by atoms with Crippen molar-refractivity contribution in [1.29, 1.82) is 0 Å². The number of nitrogens with two attached hydrogens (primary N) is 1.